The zero-order chi connectivity index (χ0) is 18.1. The van der Waals surface area contributed by atoms with E-state index in [0.29, 0.717) is 12.5 Å². The number of nitrogens with one attached hydrogen (secondary N) is 2. The zero-order valence-corrected chi connectivity index (χ0v) is 18.8. The SMILES string of the molecule is CCNC(=NCC1CCCO1)NC(C)c1ccc(OCC(C)C)cc1.I. The summed E-state index contributed by atoms with van der Waals surface area (Å²) in [6.45, 7) is 11.7. The van der Waals surface area contributed by atoms with Crippen molar-refractivity contribution in [2.24, 2.45) is 10.9 Å². The Balaban J connectivity index is 0.00000338. The van der Waals surface area contributed by atoms with Crippen molar-refractivity contribution in [1.29, 1.82) is 0 Å². The molecule has 0 spiro atoms. The molecule has 2 atom stereocenters. The van der Waals surface area contributed by atoms with Crippen molar-refractivity contribution >= 4 is 29.9 Å². The summed E-state index contributed by atoms with van der Waals surface area (Å²) in [5.41, 5.74) is 1.21. The van der Waals surface area contributed by atoms with Gasteiger partial charge >= 0.3 is 0 Å². The minimum atomic E-state index is 0. The van der Waals surface area contributed by atoms with Gasteiger partial charge in [0, 0.05) is 13.2 Å². The molecule has 1 aliphatic rings. The number of hydrogen-bond donors (Lipinski definition) is 2. The molecule has 0 radical (unpaired) electrons. The number of rotatable bonds is 8. The number of nitrogens with zero attached hydrogens (tertiary/aromatic N) is 1. The average Bonchev–Trinajstić information content (AvgIpc) is 3.12. The molecule has 1 heterocycles. The van der Waals surface area contributed by atoms with E-state index in [9.17, 15) is 0 Å². The maximum atomic E-state index is 5.75. The monoisotopic (exact) mass is 475 g/mol. The van der Waals surface area contributed by atoms with Crippen LogP contribution in [-0.4, -0.2) is 38.4 Å². The predicted octanol–water partition coefficient (Wildman–Crippen LogP) is 4.13. The first-order valence-corrected chi connectivity index (χ1v) is 9.47. The van der Waals surface area contributed by atoms with Crippen LogP contribution in [0, 0.1) is 5.92 Å². The van der Waals surface area contributed by atoms with Gasteiger partial charge in [0.1, 0.15) is 5.75 Å². The van der Waals surface area contributed by atoms with Crippen molar-refractivity contribution in [2.45, 2.75) is 52.7 Å². The normalized spacial score (nSPS) is 18.3. The molecule has 1 aromatic carbocycles. The van der Waals surface area contributed by atoms with Crippen molar-refractivity contribution < 1.29 is 9.47 Å². The van der Waals surface area contributed by atoms with Crippen molar-refractivity contribution in [3.05, 3.63) is 29.8 Å². The fourth-order valence-electron chi connectivity index (χ4n) is 2.71. The maximum Gasteiger partial charge on any atom is 0.191 e. The molecule has 2 N–H and O–H groups in total. The van der Waals surface area contributed by atoms with Crippen LogP contribution in [0.5, 0.6) is 5.75 Å². The highest BCUT2D eigenvalue weighted by atomic mass is 127. The van der Waals surface area contributed by atoms with Crippen molar-refractivity contribution in [3.8, 4) is 5.75 Å². The van der Waals surface area contributed by atoms with Gasteiger partial charge in [0.25, 0.3) is 0 Å². The Morgan fingerprint density at radius 3 is 2.58 bits per heavy atom. The Kier molecular flexibility index (Phi) is 11.0. The summed E-state index contributed by atoms with van der Waals surface area (Å²) >= 11 is 0. The number of hydrogen-bond acceptors (Lipinski definition) is 3. The highest BCUT2D eigenvalue weighted by molar-refractivity contribution is 14.0. The zero-order valence-electron chi connectivity index (χ0n) is 16.5. The van der Waals surface area contributed by atoms with E-state index in [1.165, 1.54) is 5.56 Å². The van der Waals surface area contributed by atoms with Gasteiger partial charge in [-0.15, -0.1) is 24.0 Å². The Labute approximate surface area is 175 Å². The highest BCUT2D eigenvalue weighted by Crippen LogP contribution is 2.18. The van der Waals surface area contributed by atoms with E-state index >= 15 is 0 Å². The smallest absolute Gasteiger partial charge is 0.191 e. The predicted molar refractivity (Wildman–Crippen MR) is 119 cm³/mol. The number of aliphatic imine (C=N–C) groups is 1. The van der Waals surface area contributed by atoms with Crippen LogP contribution in [0.2, 0.25) is 0 Å². The second-order valence-corrected chi connectivity index (χ2v) is 6.99. The summed E-state index contributed by atoms with van der Waals surface area (Å²) in [5.74, 6) is 2.29. The lowest BCUT2D eigenvalue weighted by atomic mass is 10.1. The molecule has 1 aliphatic heterocycles. The summed E-state index contributed by atoms with van der Waals surface area (Å²) in [6.07, 6.45) is 2.52. The topological polar surface area (TPSA) is 54.9 Å². The Bertz CT molecular complexity index is 528. The van der Waals surface area contributed by atoms with Gasteiger partial charge in [0.05, 0.1) is 25.3 Å². The largest absolute Gasteiger partial charge is 0.493 e. The third-order valence-corrected chi connectivity index (χ3v) is 4.14. The van der Waals surface area contributed by atoms with E-state index in [1.807, 2.05) is 12.1 Å². The third-order valence-electron chi connectivity index (χ3n) is 4.14. The second kappa shape index (κ2) is 12.4. The molecule has 0 bridgehead atoms. The van der Waals surface area contributed by atoms with Crippen LogP contribution >= 0.6 is 24.0 Å². The first kappa shape index (κ1) is 23.0. The van der Waals surface area contributed by atoms with Crippen molar-refractivity contribution in [3.63, 3.8) is 0 Å². The summed E-state index contributed by atoms with van der Waals surface area (Å²) in [7, 11) is 0. The average molecular weight is 475 g/mol. The van der Waals surface area contributed by atoms with Crippen LogP contribution in [0.15, 0.2) is 29.3 Å². The van der Waals surface area contributed by atoms with Crippen LogP contribution in [0.25, 0.3) is 0 Å². The molecule has 6 heteroatoms. The third kappa shape index (κ3) is 8.12. The first-order chi connectivity index (χ1) is 12.1. The Morgan fingerprint density at radius 2 is 2.00 bits per heavy atom. The molecule has 2 unspecified atom stereocenters. The molecule has 148 valence electrons. The summed E-state index contributed by atoms with van der Waals surface area (Å²) < 4.78 is 11.4. The van der Waals surface area contributed by atoms with Gasteiger partial charge in [-0.1, -0.05) is 26.0 Å². The highest BCUT2D eigenvalue weighted by Gasteiger charge is 2.15. The lowest BCUT2D eigenvalue weighted by Gasteiger charge is -2.19. The molecular weight excluding hydrogens is 441 g/mol. The van der Waals surface area contributed by atoms with E-state index in [1.54, 1.807) is 0 Å². The minimum absolute atomic E-state index is 0. The van der Waals surface area contributed by atoms with Crippen LogP contribution in [0.3, 0.4) is 0 Å². The van der Waals surface area contributed by atoms with Crippen molar-refractivity contribution in [1.82, 2.24) is 10.6 Å². The van der Waals surface area contributed by atoms with E-state index in [-0.39, 0.29) is 36.1 Å². The minimum Gasteiger partial charge on any atom is -0.493 e. The molecule has 0 saturated carbocycles. The van der Waals surface area contributed by atoms with Gasteiger partial charge in [-0.25, -0.2) is 0 Å². The van der Waals surface area contributed by atoms with Crippen LogP contribution in [0.1, 0.15) is 52.1 Å². The van der Waals surface area contributed by atoms with Gasteiger partial charge in [0.2, 0.25) is 0 Å². The van der Waals surface area contributed by atoms with Crippen LogP contribution in [-0.2, 0) is 4.74 Å². The fraction of sp³-hybridized carbons (Fsp3) is 0.650. The molecular formula is C20H34IN3O2. The van der Waals surface area contributed by atoms with Crippen molar-refractivity contribution in [2.75, 3.05) is 26.3 Å². The molecule has 5 nitrogen and oxygen atoms in total. The van der Waals surface area contributed by atoms with E-state index < -0.39 is 0 Å². The summed E-state index contributed by atoms with van der Waals surface area (Å²) in [5, 5.41) is 6.78. The molecule has 0 aromatic heterocycles. The quantitative estimate of drug-likeness (QED) is 0.337. The molecule has 2 rings (SSSR count). The van der Waals surface area contributed by atoms with E-state index in [0.717, 1.165) is 44.3 Å². The molecule has 0 amide bonds. The first-order valence-electron chi connectivity index (χ1n) is 9.47. The molecule has 26 heavy (non-hydrogen) atoms. The van der Waals surface area contributed by atoms with Gasteiger partial charge in [-0.05, 0) is 50.3 Å². The summed E-state index contributed by atoms with van der Waals surface area (Å²) in [6, 6.07) is 8.45. The van der Waals surface area contributed by atoms with Gasteiger partial charge < -0.3 is 20.1 Å². The van der Waals surface area contributed by atoms with Gasteiger partial charge in [0.15, 0.2) is 5.96 Å². The molecule has 1 aromatic rings. The molecule has 1 saturated heterocycles. The Morgan fingerprint density at radius 1 is 1.27 bits per heavy atom. The number of guanidine groups is 1. The number of halogens is 1. The van der Waals surface area contributed by atoms with Crippen LogP contribution in [0.4, 0.5) is 0 Å². The standard InChI is InChI=1S/C20H33N3O2.HI/c1-5-21-20(22-13-19-7-6-12-24-19)23-16(4)17-8-10-18(11-9-17)25-14-15(2)3;/h8-11,15-16,19H,5-7,12-14H2,1-4H3,(H2,21,22,23);1H. The second-order valence-electron chi connectivity index (χ2n) is 6.99. The van der Waals surface area contributed by atoms with E-state index in [2.05, 4.69) is 55.5 Å². The van der Waals surface area contributed by atoms with Gasteiger partial charge in [-0.2, -0.15) is 0 Å². The Hall–Kier alpha value is -1.02. The summed E-state index contributed by atoms with van der Waals surface area (Å²) in [4.78, 5) is 4.67. The lowest BCUT2D eigenvalue weighted by Crippen LogP contribution is -2.39. The molecule has 0 aliphatic carbocycles. The lowest BCUT2D eigenvalue weighted by molar-refractivity contribution is 0.117. The maximum absolute atomic E-state index is 5.75. The fourth-order valence-corrected chi connectivity index (χ4v) is 2.71. The van der Waals surface area contributed by atoms with Gasteiger partial charge in [-0.3, -0.25) is 4.99 Å². The van der Waals surface area contributed by atoms with E-state index in [4.69, 9.17) is 9.47 Å². The van der Waals surface area contributed by atoms with Crippen LogP contribution < -0.4 is 15.4 Å². The number of benzene rings is 1. The number of ether oxygens (including phenoxy) is 2. The molecule has 1 fully saturated rings.